The number of primary amides is 1. The van der Waals surface area contributed by atoms with Crippen molar-refractivity contribution in [1.82, 2.24) is 4.98 Å². The molecule has 1 atom stereocenters. The largest absolute Gasteiger partial charge is 0.416 e. The van der Waals surface area contributed by atoms with E-state index in [0.717, 1.165) is 29.0 Å². The number of carbonyl (C=O) groups is 2. The summed E-state index contributed by atoms with van der Waals surface area (Å²) in [6.07, 6.45) is -3.08. The molecule has 5 rings (SSSR count). The van der Waals surface area contributed by atoms with Crippen molar-refractivity contribution in [2.24, 2.45) is 5.73 Å². The molecule has 0 radical (unpaired) electrons. The molecule has 3 heterocycles. The van der Waals surface area contributed by atoms with E-state index in [1.165, 1.54) is 22.7 Å². The van der Waals surface area contributed by atoms with Crippen LogP contribution < -0.4 is 10.6 Å². The third-order valence-corrected chi connectivity index (χ3v) is 8.33. The van der Waals surface area contributed by atoms with Crippen LogP contribution in [0.4, 0.5) is 23.2 Å². The third kappa shape index (κ3) is 4.39. The maximum absolute atomic E-state index is 14.0. The van der Waals surface area contributed by atoms with Gasteiger partial charge < -0.3 is 15.6 Å². The molecular formula is C23H14ClF4N3O2S2. The summed E-state index contributed by atoms with van der Waals surface area (Å²) in [5.41, 5.74) is 5.94. The van der Waals surface area contributed by atoms with Crippen LogP contribution in [0.3, 0.4) is 0 Å². The van der Waals surface area contributed by atoms with Gasteiger partial charge in [0.25, 0.3) is 5.91 Å². The zero-order chi connectivity index (χ0) is 25.1. The fourth-order valence-electron chi connectivity index (χ4n) is 3.96. The van der Waals surface area contributed by atoms with Gasteiger partial charge in [-0.25, -0.2) is 4.39 Å². The normalized spacial score (nSPS) is 16.1. The number of nitrogens with two attached hydrogens (primary N) is 1. The number of nitrogens with zero attached hydrogens (tertiary/aromatic N) is 1. The van der Waals surface area contributed by atoms with Crippen LogP contribution in [0.5, 0.6) is 0 Å². The number of aromatic amines is 1. The van der Waals surface area contributed by atoms with Crippen LogP contribution in [0, 0.1) is 5.82 Å². The molecule has 0 aliphatic carbocycles. The van der Waals surface area contributed by atoms with Crippen molar-refractivity contribution in [2.75, 3.05) is 4.90 Å². The summed E-state index contributed by atoms with van der Waals surface area (Å²) in [7, 11) is 0. The van der Waals surface area contributed by atoms with Crippen LogP contribution in [0.2, 0.25) is 5.02 Å². The number of halogens is 5. The summed E-state index contributed by atoms with van der Waals surface area (Å²) in [4.78, 5) is 30.1. The molecule has 2 aromatic carbocycles. The Balaban J connectivity index is 1.61. The minimum atomic E-state index is -4.75. The number of carbonyl (C=O) groups excluding carboxylic acids is 2. The molecule has 2 aromatic heterocycles. The maximum atomic E-state index is 14.0. The van der Waals surface area contributed by atoms with E-state index in [9.17, 15) is 27.2 Å². The van der Waals surface area contributed by atoms with Gasteiger partial charge in [-0.15, -0.1) is 11.3 Å². The zero-order valence-electron chi connectivity index (χ0n) is 17.5. The highest BCUT2D eigenvalue weighted by Gasteiger charge is 2.38. The SMILES string of the molecule is NC(=O)c1cc2c(s1)SC(c1c[nH]c3ccc(Cl)cc13)C(=O)N2Cc1cc(F)cc(C(F)(F)F)c1. The van der Waals surface area contributed by atoms with Crippen LogP contribution in [0.25, 0.3) is 10.9 Å². The van der Waals surface area contributed by atoms with Gasteiger partial charge in [-0.05, 0) is 48.0 Å². The molecule has 4 aromatic rings. The number of rotatable bonds is 4. The van der Waals surface area contributed by atoms with Gasteiger partial charge in [0, 0.05) is 27.7 Å². The van der Waals surface area contributed by atoms with E-state index >= 15 is 0 Å². The lowest BCUT2D eigenvalue weighted by Crippen LogP contribution is -2.36. The number of hydrogen-bond donors (Lipinski definition) is 2. The molecule has 0 bridgehead atoms. The predicted octanol–water partition coefficient (Wildman–Crippen LogP) is 6.52. The second kappa shape index (κ2) is 8.58. The Hall–Kier alpha value is -3.02. The lowest BCUT2D eigenvalue weighted by molar-refractivity contribution is -0.137. The molecule has 1 unspecified atom stereocenters. The summed E-state index contributed by atoms with van der Waals surface area (Å²) >= 11 is 8.44. The second-order valence-electron chi connectivity index (χ2n) is 7.85. The minimum Gasteiger partial charge on any atom is -0.365 e. The Kier molecular flexibility index (Phi) is 5.81. The Labute approximate surface area is 208 Å². The number of alkyl halides is 3. The number of thiophene rings is 1. The van der Waals surface area contributed by atoms with E-state index in [0.29, 0.717) is 31.9 Å². The number of thioether (sulfide) groups is 1. The van der Waals surface area contributed by atoms with Crippen LogP contribution in [0.1, 0.15) is 31.6 Å². The van der Waals surface area contributed by atoms with Gasteiger partial charge in [0.15, 0.2) is 0 Å². The first-order valence-electron chi connectivity index (χ1n) is 10.1. The standard InChI is InChI=1S/C23H14ClF4N3O2S2/c24-12-1-2-16-14(6-12)15(8-30-16)19-21(33)31(17-7-18(20(29)32)34-22(17)35-19)9-10-3-11(23(26,27)28)5-13(25)4-10/h1-8,19,30H,9H2,(H2,29,32). The Morgan fingerprint density at radius 2 is 1.94 bits per heavy atom. The number of H-pyrrole nitrogens is 1. The molecule has 180 valence electrons. The van der Waals surface area contributed by atoms with E-state index in [4.69, 9.17) is 17.3 Å². The molecule has 0 saturated heterocycles. The monoisotopic (exact) mass is 539 g/mol. The van der Waals surface area contributed by atoms with Gasteiger partial charge in [-0.2, -0.15) is 13.2 Å². The molecule has 35 heavy (non-hydrogen) atoms. The summed E-state index contributed by atoms with van der Waals surface area (Å²) < 4.78 is 54.4. The minimum absolute atomic E-state index is 0.0453. The zero-order valence-corrected chi connectivity index (χ0v) is 19.8. The van der Waals surface area contributed by atoms with Crippen molar-refractivity contribution >= 4 is 63.1 Å². The van der Waals surface area contributed by atoms with E-state index in [1.54, 1.807) is 24.4 Å². The summed E-state index contributed by atoms with van der Waals surface area (Å²) in [5.74, 6) is -2.20. The molecular weight excluding hydrogens is 526 g/mol. The van der Waals surface area contributed by atoms with Crippen molar-refractivity contribution in [3.63, 3.8) is 0 Å². The van der Waals surface area contributed by atoms with E-state index in [-0.39, 0.29) is 17.0 Å². The smallest absolute Gasteiger partial charge is 0.365 e. The summed E-state index contributed by atoms with van der Waals surface area (Å²) in [6, 6.07) is 8.76. The van der Waals surface area contributed by atoms with Crippen molar-refractivity contribution in [1.29, 1.82) is 0 Å². The Bertz CT molecular complexity index is 1500. The maximum Gasteiger partial charge on any atom is 0.416 e. The van der Waals surface area contributed by atoms with Gasteiger partial charge in [-0.1, -0.05) is 23.4 Å². The van der Waals surface area contributed by atoms with Gasteiger partial charge in [0.1, 0.15) is 11.1 Å². The van der Waals surface area contributed by atoms with Crippen LogP contribution in [0.15, 0.2) is 52.9 Å². The average Bonchev–Trinajstić information content (AvgIpc) is 3.38. The lowest BCUT2D eigenvalue weighted by atomic mass is 10.1. The highest BCUT2D eigenvalue weighted by molar-refractivity contribution is 8.02. The van der Waals surface area contributed by atoms with Crippen LogP contribution in [-0.4, -0.2) is 16.8 Å². The van der Waals surface area contributed by atoms with Crippen molar-refractivity contribution in [3.05, 3.63) is 81.1 Å². The number of anilines is 1. The first-order chi connectivity index (χ1) is 16.5. The molecule has 12 heteroatoms. The second-order valence-corrected chi connectivity index (χ2v) is 10.7. The van der Waals surface area contributed by atoms with E-state index in [1.807, 2.05) is 0 Å². The van der Waals surface area contributed by atoms with Crippen molar-refractivity contribution in [2.45, 2.75) is 22.2 Å². The van der Waals surface area contributed by atoms with Gasteiger partial charge in [0.05, 0.1) is 26.9 Å². The van der Waals surface area contributed by atoms with Crippen molar-refractivity contribution < 1.29 is 27.2 Å². The molecule has 0 fully saturated rings. The topological polar surface area (TPSA) is 79.2 Å². The van der Waals surface area contributed by atoms with Crippen LogP contribution >= 0.6 is 34.7 Å². The molecule has 1 aliphatic heterocycles. The quantitative estimate of drug-likeness (QED) is 0.290. The summed E-state index contributed by atoms with van der Waals surface area (Å²) in [5, 5.41) is 0.393. The highest BCUT2D eigenvalue weighted by atomic mass is 35.5. The first kappa shape index (κ1) is 23.7. The number of amides is 2. The van der Waals surface area contributed by atoms with E-state index < -0.39 is 34.6 Å². The lowest BCUT2D eigenvalue weighted by Gasteiger charge is -2.32. The third-order valence-electron chi connectivity index (χ3n) is 5.51. The Morgan fingerprint density at radius 3 is 2.66 bits per heavy atom. The Morgan fingerprint density at radius 1 is 1.17 bits per heavy atom. The number of hydrogen-bond acceptors (Lipinski definition) is 4. The number of nitrogens with one attached hydrogen (secondary N) is 1. The molecule has 1 aliphatic rings. The molecule has 2 amide bonds. The van der Waals surface area contributed by atoms with E-state index in [2.05, 4.69) is 4.98 Å². The molecule has 0 spiro atoms. The number of aromatic nitrogens is 1. The predicted molar refractivity (Wildman–Crippen MR) is 127 cm³/mol. The number of benzene rings is 2. The molecule has 5 nitrogen and oxygen atoms in total. The van der Waals surface area contributed by atoms with Gasteiger partial charge >= 0.3 is 6.18 Å². The van der Waals surface area contributed by atoms with Crippen LogP contribution in [-0.2, 0) is 17.5 Å². The van der Waals surface area contributed by atoms with Crippen molar-refractivity contribution in [3.8, 4) is 0 Å². The average molecular weight is 540 g/mol. The first-order valence-corrected chi connectivity index (χ1v) is 12.1. The van der Waals surface area contributed by atoms with Gasteiger partial charge in [0.2, 0.25) is 5.91 Å². The fraction of sp³-hybridized carbons (Fsp3) is 0.130. The van der Waals surface area contributed by atoms with Gasteiger partial charge in [-0.3, -0.25) is 9.59 Å². The number of fused-ring (bicyclic) bond motifs is 2. The fourth-order valence-corrected chi connectivity index (χ4v) is 6.68. The molecule has 3 N–H and O–H groups in total. The summed E-state index contributed by atoms with van der Waals surface area (Å²) in [6.45, 7) is -0.332. The molecule has 0 saturated carbocycles. The highest BCUT2D eigenvalue weighted by Crippen LogP contribution is 2.52.